The van der Waals surface area contributed by atoms with Crippen LogP contribution < -0.4 is 10.1 Å². The van der Waals surface area contributed by atoms with E-state index in [1.165, 1.54) is 12.1 Å². The number of nitrogens with two attached hydrogens (primary N) is 1. The smallest absolute Gasteiger partial charge is 0.163 e. The Morgan fingerprint density at radius 3 is 2.19 bits per heavy atom. The zero-order valence-corrected chi connectivity index (χ0v) is 14.7. The molecule has 1 atom stereocenters. The van der Waals surface area contributed by atoms with Crippen LogP contribution in [0.2, 0.25) is 0 Å². The summed E-state index contributed by atoms with van der Waals surface area (Å²) in [7, 11) is 1.65. The summed E-state index contributed by atoms with van der Waals surface area (Å²) in [5.74, 6) is 0.510. The summed E-state index contributed by atoms with van der Waals surface area (Å²) in [5, 5.41) is 13.5. The topological polar surface area (TPSA) is 46.1 Å². The zero-order valence-electron chi connectivity index (χ0n) is 14.7. The first kappa shape index (κ1) is 18.1. The van der Waals surface area contributed by atoms with Crippen LogP contribution in [-0.4, -0.2) is 18.8 Å². The van der Waals surface area contributed by atoms with Gasteiger partial charge in [-0.1, -0.05) is 54.6 Å². The maximum absolute atomic E-state index is 13.3. The van der Waals surface area contributed by atoms with Crippen LogP contribution >= 0.6 is 0 Å². The molecule has 0 saturated heterocycles. The van der Waals surface area contributed by atoms with Crippen molar-refractivity contribution in [3.8, 4) is 5.75 Å². The molecule has 0 amide bonds. The number of benzene rings is 3. The summed E-state index contributed by atoms with van der Waals surface area (Å²) in [6.07, 6.45) is 0. The van der Waals surface area contributed by atoms with Crippen molar-refractivity contribution in [3.05, 3.63) is 101 Å². The largest absolute Gasteiger partial charge is 0.496 e. The lowest BCUT2D eigenvalue weighted by Crippen LogP contribution is -2.86. The Hall–Kier alpha value is -2.69. The molecule has 0 aliphatic heterocycles. The third-order valence-corrected chi connectivity index (χ3v) is 4.57. The highest BCUT2D eigenvalue weighted by Gasteiger charge is 2.33. The minimum absolute atomic E-state index is 0.317. The first-order chi connectivity index (χ1) is 12.6. The third-order valence-electron chi connectivity index (χ3n) is 4.57. The van der Waals surface area contributed by atoms with Crippen molar-refractivity contribution >= 4 is 0 Å². The Morgan fingerprint density at radius 1 is 0.885 bits per heavy atom. The minimum atomic E-state index is -1.21. The zero-order chi connectivity index (χ0) is 18.4. The van der Waals surface area contributed by atoms with Gasteiger partial charge in [-0.3, -0.25) is 0 Å². The fourth-order valence-corrected chi connectivity index (χ4v) is 3.15. The van der Waals surface area contributed by atoms with Gasteiger partial charge in [0.1, 0.15) is 24.7 Å². The molecule has 0 bridgehead atoms. The average molecular weight is 352 g/mol. The van der Waals surface area contributed by atoms with Gasteiger partial charge in [-0.2, -0.15) is 0 Å². The quantitative estimate of drug-likeness (QED) is 0.687. The SMILES string of the molecule is COc1ccccc1C[NH2+]C[C@@](O)(c1ccccc1)c1ccc(F)cc1. The van der Waals surface area contributed by atoms with Crippen LogP contribution in [0.4, 0.5) is 4.39 Å². The number of halogens is 1. The van der Waals surface area contributed by atoms with Crippen molar-refractivity contribution in [2.45, 2.75) is 12.1 Å². The molecule has 0 radical (unpaired) electrons. The van der Waals surface area contributed by atoms with Gasteiger partial charge in [0.15, 0.2) is 5.60 Å². The van der Waals surface area contributed by atoms with Gasteiger partial charge in [-0.05, 0) is 35.4 Å². The fraction of sp³-hybridized carbons (Fsp3) is 0.182. The second kappa shape index (κ2) is 8.13. The van der Waals surface area contributed by atoms with Crippen molar-refractivity contribution in [2.75, 3.05) is 13.7 Å². The van der Waals surface area contributed by atoms with Crippen LogP contribution in [0, 0.1) is 5.82 Å². The summed E-state index contributed by atoms with van der Waals surface area (Å²) in [6.45, 7) is 1.07. The van der Waals surface area contributed by atoms with Crippen molar-refractivity contribution < 1.29 is 19.6 Å². The van der Waals surface area contributed by atoms with Crippen LogP contribution in [0.25, 0.3) is 0 Å². The van der Waals surface area contributed by atoms with E-state index in [9.17, 15) is 9.50 Å². The number of aliphatic hydroxyl groups is 1. The maximum atomic E-state index is 13.3. The molecule has 4 heteroatoms. The molecule has 0 aromatic heterocycles. The van der Waals surface area contributed by atoms with Gasteiger partial charge in [0.2, 0.25) is 0 Å². The molecule has 3 N–H and O–H groups in total. The Labute approximate surface area is 153 Å². The van der Waals surface area contributed by atoms with Crippen molar-refractivity contribution in [2.24, 2.45) is 0 Å². The van der Waals surface area contributed by atoms with E-state index >= 15 is 0 Å². The van der Waals surface area contributed by atoms with Gasteiger partial charge in [0, 0.05) is 5.56 Å². The van der Waals surface area contributed by atoms with E-state index in [2.05, 4.69) is 0 Å². The maximum Gasteiger partial charge on any atom is 0.163 e. The van der Waals surface area contributed by atoms with E-state index in [-0.39, 0.29) is 5.82 Å². The molecule has 3 nitrogen and oxygen atoms in total. The van der Waals surface area contributed by atoms with Crippen molar-refractivity contribution in [1.82, 2.24) is 0 Å². The number of hydrogen-bond acceptors (Lipinski definition) is 2. The molecule has 3 aromatic carbocycles. The molecule has 0 aliphatic rings. The fourth-order valence-electron chi connectivity index (χ4n) is 3.15. The van der Waals surface area contributed by atoms with Crippen LogP contribution in [0.3, 0.4) is 0 Å². The van der Waals surface area contributed by atoms with E-state index in [1.54, 1.807) is 19.2 Å². The summed E-state index contributed by atoms with van der Waals surface area (Å²) >= 11 is 0. The lowest BCUT2D eigenvalue weighted by Gasteiger charge is -2.28. The molecular weight excluding hydrogens is 329 g/mol. The van der Waals surface area contributed by atoms with E-state index in [4.69, 9.17) is 4.74 Å². The van der Waals surface area contributed by atoms with Crippen LogP contribution in [0.15, 0.2) is 78.9 Å². The summed E-state index contributed by atoms with van der Waals surface area (Å²) in [6, 6.07) is 23.3. The summed E-state index contributed by atoms with van der Waals surface area (Å²) in [4.78, 5) is 0. The summed E-state index contributed by atoms with van der Waals surface area (Å²) < 4.78 is 18.7. The second-order valence-corrected chi connectivity index (χ2v) is 6.24. The minimum Gasteiger partial charge on any atom is -0.496 e. The van der Waals surface area contributed by atoms with Gasteiger partial charge < -0.3 is 15.2 Å². The van der Waals surface area contributed by atoms with E-state index in [0.717, 1.165) is 16.9 Å². The number of para-hydroxylation sites is 1. The normalized spacial score (nSPS) is 13.2. The molecule has 3 rings (SSSR count). The van der Waals surface area contributed by atoms with Crippen LogP contribution in [0.5, 0.6) is 5.75 Å². The van der Waals surface area contributed by atoms with Gasteiger partial charge >= 0.3 is 0 Å². The molecule has 0 saturated carbocycles. The lowest BCUT2D eigenvalue weighted by molar-refractivity contribution is -0.682. The molecule has 26 heavy (non-hydrogen) atoms. The highest BCUT2D eigenvalue weighted by Crippen LogP contribution is 2.28. The van der Waals surface area contributed by atoms with Crippen molar-refractivity contribution in [3.63, 3.8) is 0 Å². The molecule has 3 aromatic rings. The van der Waals surface area contributed by atoms with Gasteiger partial charge in [0.05, 0.1) is 7.11 Å². The lowest BCUT2D eigenvalue weighted by atomic mass is 9.86. The first-order valence-corrected chi connectivity index (χ1v) is 8.61. The third kappa shape index (κ3) is 3.93. The van der Waals surface area contributed by atoms with Gasteiger partial charge in [-0.25, -0.2) is 4.39 Å². The number of hydrogen-bond donors (Lipinski definition) is 2. The number of quaternary nitrogens is 1. The number of ether oxygens (including phenoxy) is 1. The highest BCUT2D eigenvalue weighted by molar-refractivity contribution is 5.36. The molecule has 0 aliphatic carbocycles. The predicted octanol–water partition coefficient (Wildman–Crippen LogP) is 2.83. The summed E-state index contributed by atoms with van der Waals surface area (Å²) in [5.41, 5.74) is 1.30. The highest BCUT2D eigenvalue weighted by atomic mass is 19.1. The van der Waals surface area contributed by atoms with E-state index in [0.29, 0.717) is 18.7 Å². The second-order valence-electron chi connectivity index (χ2n) is 6.24. The Balaban J connectivity index is 1.84. The monoisotopic (exact) mass is 352 g/mol. The molecular formula is C22H23FNO2+. The van der Waals surface area contributed by atoms with Crippen molar-refractivity contribution in [1.29, 1.82) is 0 Å². The van der Waals surface area contributed by atoms with E-state index < -0.39 is 5.60 Å². The Kier molecular flexibility index (Phi) is 5.66. The molecule has 0 unspecified atom stereocenters. The van der Waals surface area contributed by atoms with Crippen LogP contribution in [-0.2, 0) is 12.1 Å². The molecule has 0 heterocycles. The Morgan fingerprint density at radius 2 is 1.50 bits per heavy atom. The predicted molar refractivity (Wildman–Crippen MR) is 99.3 cm³/mol. The van der Waals surface area contributed by atoms with Gasteiger partial charge in [0.25, 0.3) is 0 Å². The molecule has 0 fully saturated rings. The first-order valence-electron chi connectivity index (χ1n) is 8.61. The van der Waals surface area contributed by atoms with E-state index in [1.807, 2.05) is 59.9 Å². The standard InChI is InChI=1S/C22H22FNO2/c1-26-21-10-6-5-7-17(21)15-24-16-22(25,18-8-3-2-4-9-18)19-11-13-20(23)14-12-19/h2-14,24-25H,15-16H2,1H3/p+1/t22-/m1/s1. The number of methoxy groups -OCH3 is 1. The molecule has 134 valence electrons. The van der Waals surface area contributed by atoms with Gasteiger partial charge in [-0.15, -0.1) is 0 Å². The number of rotatable bonds is 7. The van der Waals surface area contributed by atoms with Crippen LogP contribution in [0.1, 0.15) is 16.7 Å². The molecule has 0 spiro atoms. The Bertz CT molecular complexity index is 836. The average Bonchev–Trinajstić information content (AvgIpc) is 2.69.